The van der Waals surface area contributed by atoms with Gasteiger partial charge in [0, 0.05) is 5.92 Å². The first-order chi connectivity index (χ1) is 9.72. The maximum absolute atomic E-state index is 9.26. The molecular weight excluding hydrogens is 248 g/mol. The first-order valence-corrected chi connectivity index (χ1v) is 6.46. The maximum Gasteiger partial charge on any atom is 0.118 e. The highest BCUT2D eigenvalue weighted by Gasteiger charge is 2.03. The minimum atomic E-state index is 0.148. The number of rotatable bonds is 5. The van der Waals surface area contributed by atoms with E-state index < -0.39 is 0 Å². The van der Waals surface area contributed by atoms with Crippen molar-refractivity contribution < 1.29 is 9.84 Å². The second kappa shape index (κ2) is 6.62. The van der Waals surface area contributed by atoms with Crippen LogP contribution < -0.4 is 4.74 Å². The molecule has 0 fully saturated rings. The Morgan fingerprint density at radius 1 is 1.05 bits per heavy atom. The summed E-state index contributed by atoms with van der Waals surface area (Å²) < 4.78 is 5.16. The average molecular weight is 266 g/mol. The Morgan fingerprint density at radius 2 is 1.70 bits per heavy atom. The van der Waals surface area contributed by atoms with Gasteiger partial charge in [-0.1, -0.05) is 42.5 Å². The van der Waals surface area contributed by atoms with Crippen molar-refractivity contribution in [3.63, 3.8) is 0 Å². The van der Waals surface area contributed by atoms with Crippen LogP contribution in [0.4, 0.5) is 0 Å². The molecule has 0 spiro atoms. The van der Waals surface area contributed by atoms with Gasteiger partial charge < -0.3 is 9.84 Å². The quantitative estimate of drug-likeness (QED) is 0.814. The Hall–Kier alpha value is -2.48. The zero-order valence-corrected chi connectivity index (χ0v) is 11.5. The van der Waals surface area contributed by atoms with E-state index in [1.54, 1.807) is 19.2 Å². The third kappa shape index (κ3) is 3.51. The number of ether oxygens (including phenoxy) is 1. The van der Waals surface area contributed by atoms with Gasteiger partial charge in [-0.25, -0.2) is 0 Å². The van der Waals surface area contributed by atoms with Crippen LogP contribution in [0, 0.1) is 0 Å². The molecule has 1 unspecified atom stereocenters. The number of aromatic hydroxyl groups is 1. The lowest BCUT2D eigenvalue weighted by Crippen LogP contribution is -1.91. The molecule has 2 aromatic carbocycles. The van der Waals surface area contributed by atoms with Gasteiger partial charge in [0.1, 0.15) is 11.5 Å². The van der Waals surface area contributed by atoms with Gasteiger partial charge in [0.05, 0.1) is 7.11 Å². The molecule has 2 heteroatoms. The molecule has 1 atom stereocenters. The van der Waals surface area contributed by atoms with E-state index in [-0.39, 0.29) is 11.7 Å². The van der Waals surface area contributed by atoms with Crippen LogP contribution in [0.2, 0.25) is 0 Å². The topological polar surface area (TPSA) is 29.5 Å². The van der Waals surface area contributed by atoms with E-state index in [2.05, 4.69) is 12.7 Å². The summed E-state index contributed by atoms with van der Waals surface area (Å²) in [4.78, 5) is 0. The fraction of sp³-hybridized carbons (Fsp3) is 0.111. The molecule has 2 aromatic rings. The Morgan fingerprint density at radius 3 is 2.25 bits per heavy atom. The third-order valence-electron chi connectivity index (χ3n) is 3.14. The first-order valence-electron chi connectivity index (χ1n) is 6.46. The molecule has 2 nitrogen and oxygen atoms in total. The van der Waals surface area contributed by atoms with Crippen molar-refractivity contribution in [2.75, 3.05) is 7.11 Å². The number of phenols is 1. The van der Waals surface area contributed by atoms with Gasteiger partial charge in [-0.15, -0.1) is 6.58 Å². The Labute approximate surface area is 119 Å². The molecule has 1 N–H and O–H groups in total. The second-order valence-corrected chi connectivity index (χ2v) is 4.49. The van der Waals surface area contributed by atoms with Crippen molar-refractivity contribution >= 4 is 6.08 Å². The third-order valence-corrected chi connectivity index (χ3v) is 3.14. The summed E-state index contributed by atoms with van der Waals surface area (Å²) in [6, 6.07) is 15.1. The van der Waals surface area contributed by atoms with Crippen molar-refractivity contribution in [2.45, 2.75) is 5.92 Å². The number of benzene rings is 2. The van der Waals surface area contributed by atoms with Crippen LogP contribution in [0.5, 0.6) is 11.5 Å². The average Bonchev–Trinajstić information content (AvgIpc) is 2.50. The van der Waals surface area contributed by atoms with Crippen molar-refractivity contribution in [2.24, 2.45) is 0 Å². The minimum absolute atomic E-state index is 0.148. The van der Waals surface area contributed by atoms with E-state index in [4.69, 9.17) is 4.74 Å². The van der Waals surface area contributed by atoms with Crippen molar-refractivity contribution in [3.05, 3.63) is 78.4 Å². The largest absolute Gasteiger partial charge is 0.508 e. The van der Waals surface area contributed by atoms with E-state index >= 15 is 0 Å². The van der Waals surface area contributed by atoms with Crippen LogP contribution in [0.15, 0.2) is 67.3 Å². The lowest BCUT2D eigenvalue weighted by atomic mass is 9.98. The van der Waals surface area contributed by atoms with Gasteiger partial charge in [0.15, 0.2) is 0 Å². The SMILES string of the molecule is C=CC(C=Cc1ccc(O)cc1)c1ccc(OC)cc1. The molecule has 0 radical (unpaired) electrons. The van der Waals surface area contributed by atoms with Gasteiger partial charge in [0.25, 0.3) is 0 Å². The predicted molar refractivity (Wildman–Crippen MR) is 83.1 cm³/mol. The summed E-state index contributed by atoms with van der Waals surface area (Å²) in [5, 5.41) is 9.26. The molecule has 0 saturated carbocycles. The second-order valence-electron chi connectivity index (χ2n) is 4.49. The predicted octanol–water partition coefficient (Wildman–Crippen LogP) is 4.38. The molecular formula is C18H18O2. The number of methoxy groups -OCH3 is 1. The Kier molecular flexibility index (Phi) is 4.61. The first kappa shape index (κ1) is 13.9. The molecule has 0 aliphatic heterocycles. The molecule has 0 aromatic heterocycles. The molecule has 0 saturated heterocycles. The molecule has 0 aliphatic carbocycles. The Bertz CT molecular complexity index is 580. The monoisotopic (exact) mass is 266 g/mol. The van der Waals surface area contributed by atoms with Crippen LogP contribution in [0.1, 0.15) is 17.0 Å². The van der Waals surface area contributed by atoms with Crippen molar-refractivity contribution in [3.8, 4) is 11.5 Å². The Balaban J connectivity index is 2.15. The van der Waals surface area contributed by atoms with E-state index in [0.717, 1.165) is 16.9 Å². The van der Waals surface area contributed by atoms with Crippen LogP contribution in [-0.2, 0) is 0 Å². The van der Waals surface area contributed by atoms with Gasteiger partial charge in [-0.05, 0) is 35.4 Å². The van der Waals surface area contributed by atoms with Gasteiger partial charge in [0.2, 0.25) is 0 Å². The van der Waals surface area contributed by atoms with Gasteiger partial charge >= 0.3 is 0 Å². The number of allylic oxidation sites excluding steroid dienone is 2. The molecule has 102 valence electrons. The molecule has 0 aliphatic rings. The van der Waals surface area contributed by atoms with Crippen LogP contribution >= 0.6 is 0 Å². The summed E-state index contributed by atoms with van der Waals surface area (Å²) in [7, 11) is 1.66. The lowest BCUT2D eigenvalue weighted by molar-refractivity contribution is 0.414. The van der Waals surface area contributed by atoms with Crippen molar-refractivity contribution in [1.82, 2.24) is 0 Å². The molecule has 20 heavy (non-hydrogen) atoms. The normalized spacial score (nSPS) is 12.2. The van der Waals surface area contributed by atoms with Gasteiger partial charge in [-0.2, -0.15) is 0 Å². The van der Waals surface area contributed by atoms with E-state index in [0.29, 0.717) is 0 Å². The summed E-state index contributed by atoms with van der Waals surface area (Å²) in [5.74, 6) is 1.27. The van der Waals surface area contributed by atoms with E-state index in [9.17, 15) is 5.11 Å². The summed E-state index contributed by atoms with van der Waals surface area (Å²) >= 11 is 0. The summed E-state index contributed by atoms with van der Waals surface area (Å²) in [6.45, 7) is 3.88. The van der Waals surface area contributed by atoms with Crippen molar-refractivity contribution in [1.29, 1.82) is 0 Å². The number of hydrogen-bond donors (Lipinski definition) is 1. The van der Waals surface area contributed by atoms with Gasteiger partial charge in [-0.3, -0.25) is 0 Å². The highest BCUT2D eigenvalue weighted by Crippen LogP contribution is 2.22. The molecule has 2 rings (SSSR count). The number of hydrogen-bond acceptors (Lipinski definition) is 2. The highest BCUT2D eigenvalue weighted by molar-refractivity contribution is 5.52. The highest BCUT2D eigenvalue weighted by atomic mass is 16.5. The molecule has 0 heterocycles. The van der Waals surface area contributed by atoms with E-state index in [1.807, 2.05) is 48.6 Å². The smallest absolute Gasteiger partial charge is 0.118 e. The minimum Gasteiger partial charge on any atom is -0.508 e. The summed E-state index contributed by atoms with van der Waals surface area (Å²) in [6.07, 6.45) is 6.01. The van der Waals surface area contributed by atoms with Crippen LogP contribution in [0.3, 0.4) is 0 Å². The van der Waals surface area contributed by atoms with Crippen LogP contribution in [-0.4, -0.2) is 12.2 Å². The zero-order chi connectivity index (χ0) is 14.4. The molecule has 0 bridgehead atoms. The zero-order valence-electron chi connectivity index (χ0n) is 11.5. The lowest BCUT2D eigenvalue weighted by Gasteiger charge is -2.09. The van der Waals surface area contributed by atoms with Crippen LogP contribution in [0.25, 0.3) is 6.08 Å². The maximum atomic E-state index is 9.26. The fourth-order valence-corrected chi connectivity index (χ4v) is 1.95. The summed E-state index contributed by atoms with van der Waals surface area (Å²) in [5.41, 5.74) is 2.21. The van der Waals surface area contributed by atoms with E-state index in [1.165, 1.54) is 0 Å². The standard InChI is InChI=1S/C18H18O2/c1-3-15(16-8-12-18(20-2)13-9-16)7-4-14-5-10-17(19)11-6-14/h3-13,15,19H,1H2,2H3. The number of phenolic OH excluding ortho intramolecular Hbond substituents is 1. The molecule has 0 amide bonds. The fourth-order valence-electron chi connectivity index (χ4n) is 1.95.